The van der Waals surface area contributed by atoms with Gasteiger partial charge in [0.25, 0.3) is 0 Å². The van der Waals surface area contributed by atoms with E-state index in [4.69, 9.17) is 4.74 Å². The van der Waals surface area contributed by atoms with Crippen molar-refractivity contribution >= 4 is 53.5 Å². The summed E-state index contributed by atoms with van der Waals surface area (Å²) >= 11 is 1.44. The van der Waals surface area contributed by atoms with Gasteiger partial charge in [0, 0.05) is 37.8 Å². The number of benzene rings is 2. The molecule has 0 fully saturated rings. The molecule has 0 bridgehead atoms. The third-order valence-electron chi connectivity index (χ3n) is 7.04. The first-order chi connectivity index (χ1) is 18.1. The molecule has 10 heteroatoms. The molecule has 0 radical (unpaired) electrons. The average molecular weight is 580 g/mol. The Bertz CT molecular complexity index is 1190. The molecule has 2 aromatic rings. The second kappa shape index (κ2) is 13.5. The Morgan fingerprint density at radius 1 is 1.16 bits per heavy atom. The van der Waals surface area contributed by atoms with Gasteiger partial charge in [-0.1, -0.05) is 44.9 Å². The van der Waals surface area contributed by atoms with E-state index < -0.39 is 15.6 Å². The molecule has 210 valence electrons. The molecule has 38 heavy (non-hydrogen) atoms. The van der Waals surface area contributed by atoms with Crippen LogP contribution in [-0.2, 0) is 25.3 Å². The van der Waals surface area contributed by atoms with Gasteiger partial charge in [-0.2, -0.15) is 4.08 Å². The Hall–Kier alpha value is -1.80. The summed E-state index contributed by atoms with van der Waals surface area (Å²) in [5.74, 6) is 0.464. The van der Waals surface area contributed by atoms with Crippen molar-refractivity contribution in [3.63, 3.8) is 0 Å². The van der Waals surface area contributed by atoms with Crippen LogP contribution in [0.2, 0.25) is 0 Å². The van der Waals surface area contributed by atoms with Crippen molar-refractivity contribution in [1.82, 2.24) is 4.08 Å². The molecular formula is C28H42N3O4PS2. The molecule has 1 aliphatic rings. The summed E-state index contributed by atoms with van der Waals surface area (Å²) in [6, 6.07) is 14.0. The number of sulfonamides is 1. The standard InChI is InChI=1S/C28H42N3O4PS2/c1-7-10-16-28(8-2)21-30(23-14-12-11-13-15-23)25-18-24(29(4)5)22(19-37-20-27(32)35-9-3)17-26(25)38(33,34)31(28)36-6/h11-15,17-18,36H,7-10,16,19-21H2,1-6H3. The number of hydrogen-bond donors (Lipinski definition) is 0. The number of esters is 1. The van der Waals surface area contributed by atoms with Gasteiger partial charge >= 0.3 is 5.97 Å². The largest absolute Gasteiger partial charge is 0.465 e. The zero-order valence-electron chi connectivity index (χ0n) is 23.5. The van der Waals surface area contributed by atoms with E-state index in [0.717, 1.165) is 42.6 Å². The van der Waals surface area contributed by atoms with Crippen molar-refractivity contribution < 1.29 is 17.9 Å². The fraction of sp³-hybridized carbons (Fsp3) is 0.536. The predicted molar refractivity (Wildman–Crippen MR) is 163 cm³/mol. The molecule has 3 rings (SSSR count). The van der Waals surface area contributed by atoms with Gasteiger partial charge in [-0.05, 0) is 65.0 Å². The van der Waals surface area contributed by atoms with E-state index in [1.165, 1.54) is 11.8 Å². The van der Waals surface area contributed by atoms with E-state index in [-0.39, 0.29) is 20.5 Å². The number of anilines is 3. The Morgan fingerprint density at radius 3 is 2.45 bits per heavy atom. The van der Waals surface area contributed by atoms with Crippen LogP contribution in [0.4, 0.5) is 17.1 Å². The Labute approximate surface area is 235 Å². The maximum Gasteiger partial charge on any atom is 0.315 e. The highest BCUT2D eigenvalue weighted by Gasteiger charge is 2.47. The first kappa shape index (κ1) is 30.7. The number of rotatable bonds is 12. The smallest absolute Gasteiger partial charge is 0.315 e. The minimum Gasteiger partial charge on any atom is -0.465 e. The summed E-state index contributed by atoms with van der Waals surface area (Å²) in [5, 5.41) is 0. The molecule has 0 spiro atoms. The summed E-state index contributed by atoms with van der Waals surface area (Å²) < 4.78 is 35.8. The quantitative estimate of drug-likeness (QED) is 0.217. The lowest BCUT2D eigenvalue weighted by molar-refractivity contribution is -0.139. The molecule has 0 aliphatic carbocycles. The average Bonchev–Trinajstić information content (AvgIpc) is 2.98. The fourth-order valence-electron chi connectivity index (χ4n) is 5.11. The molecule has 1 aliphatic heterocycles. The summed E-state index contributed by atoms with van der Waals surface area (Å²) in [6.07, 6.45) is 3.50. The number of carbonyl (C=O) groups excluding carboxylic acids is 1. The highest BCUT2D eigenvalue weighted by molar-refractivity contribution is 7.99. The lowest BCUT2D eigenvalue weighted by Gasteiger charge is -2.42. The third kappa shape index (κ3) is 6.49. The van der Waals surface area contributed by atoms with Crippen LogP contribution in [0.5, 0.6) is 0 Å². The van der Waals surface area contributed by atoms with Crippen LogP contribution >= 0.6 is 20.5 Å². The second-order valence-corrected chi connectivity index (χ2v) is 13.7. The number of nitrogens with zero attached hydrogens (tertiary/aromatic N) is 3. The molecule has 2 unspecified atom stereocenters. The van der Waals surface area contributed by atoms with Crippen LogP contribution in [0.1, 0.15) is 52.0 Å². The lowest BCUT2D eigenvalue weighted by Crippen LogP contribution is -2.51. The van der Waals surface area contributed by atoms with Gasteiger partial charge in [0.15, 0.2) is 0 Å². The third-order valence-corrected chi connectivity index (χ3v) is 11.9. The number of para-hydroxylation sites is 1. The summed E-state index contributed by atoms with van der Waals surface area (Å²) in [5.41, 5.74) is 2.99. The number of ether oxygens (including phenoxy) is 1. The zero-order chi connectivity index (χ0) is 27.9. The molecule has 2 atom stereocenters. The normalized spacial score (nSPS) is 19.4. The predicted octanol–water partition coefficient (Wildman–Crippen LogP) is 6.25. The summed E-state index contributed by atoms with van der Waals surface area (Å²) in [6.45, 7) is 8.96. The van der Waals surface area contributed by atoms with Gasteiger partial charge in [-0.25, -0.2) is 8.42 Å². The molecule has 2 aromatic carbocycles. The minimum absolute atomic E-state index is 0.111. The van der Waals surface area contributed by atoms with E-state index >= 15 is 0 Å². The molecule has 0 aromatic heterocycles. The fourth-order valence-corrected chi connectivity index (χ4v) is 9.69. The molecule has 0 saturated heterocycles. The molecule has 0 saturated carbocycles. The van der Waals surface area contributed by atoms with Gasteiger partial charge < -0.3 is 14.5 Å². The molecule has 0 amide bonds. The van der Waals surface area contributed by atoms with Gasteiger partial charge in [0.05, 0.1) is 23.6 Å². The topological polar surface area (TPSA) is 70.2 Å². The van der Waals surface area contributed by atoms with Crippen LogP contribution in [-0.4, -0.2) is 63.7 Å². The van der Waals surface area contributed by atoms with Crippen LogP contribution < -0.4 is 9.80 Å². The van der Waals surface area contributed by atoms with Gasteiger partial charge in [-0.3, -0.25) is 4.79 Å². The Morgan fingerprint density at radius 2 is 1.87 bits per heavy atom. The molecule has 1 heterocycles. The molecular weight excluding hydrogens is 537 g/mol. The van der Waals surface area contributed by atoms with Crippen LogP contribution in [0.15, 0.2) is 47.4 Å². The van der Waals surface area contributed by atoms with Crippen molar-refractivity contribution in [2.75, 3.05) is 49.5 Å². The highest BCUT2D eigenvalue weighted by atomic mass is 32.2. The van der Waals surface area contributed by atoms with Crippen molar-refractivity contribution in [2.45, 2.75) is 62.6 Å². The first-order valence-electron chi connectivity index (χ1n) is 13.3. The number of thioether (sulfide) groups is 1. The van der Waals surface area contributed by atoms with Crippen molar-refractivity contribution in [3.05, 3.63) is 48.0 Å². The SMILES string of the molecule is CCCCC1(CC)CN(c2ccccc2)c2cc(N(C)C)c(CSCC(=O)OCC)cc2S(=O)(=O)N1PC. The number of unbranched alkanes of at least 4 members (excludes halogenated alkanes) is 1. The van der Waals surface area contributed by atoms with E-state index in [1.54, 1.807) is 11.0 Å². The summed E-state index contributed by atoms with van der Waals surface area (Å²) in [4.78, 5) is 16.5. The summed E-state index contributed by atoms with van der Waals surface area (Å²) in [7, 11) is 0.258. The van der Waals surface area contributed by atoms with E-state index in [9.17, 15) is 13.2 Å². The first-order valence-corrected chi connectivity index (χ1v) is 17.3. The highest BCUT2D eigenvalue weighted by Crippen LogP contribution is 2.49. The maximum atomic E-state index is 14.5. The van der Waals surface area contributed by atoms with Crippen molar-refractivity contribution in [3.8, 4) is 0 Å². The van der Waals surface area contributed by atoms with Crippen LogP contribution in [0.25, 0.3) is 0 Å². The number of fused-ring (bicyclic) bond motifs is 1. The van der Waals surface area contributed by atoms with Gasteiger partial charge in [0.2, 0.25) is 10.0 Å². The van der Waals surface area contributed by atoms with E-state index in [2.05, 4.69) is 30.9 Å². The second-order valence-electron chi connectivity index (χ2n) is 9.74. The van der Waals surface area contributed by atoms with E-state index in [1.807, 2.05) is 56.0 Å². The maximum absolute atomic E-state index is 14.5. The van der Waals surface area contributed by atoms with Crippen LogP contribution in [0, 0.1) is 0 Å². The van der Waals surface area contributed by atoms with Crippen molar-refractivity contribution in [1.29, 1.82) is 0 Å². The number of carbonyl (C=O) groups is 1. The van der Waals surface area contributed by atoms with Gasteiger partial charge in [-0.15, -0.1) is 11.8 Å². The molecule has 0 N–H and O–H groups in total. The van der Waals surface area contributed by atoms with Gasteiger partial charge in [0.1, 0.15) is 4.90 Å². The molecule has 7 nitrogen and oxygen atoms in total. The monoisotopic (exact) mass is 579 g/mol. The van der Waals surface area contributed by atoms with Crippen LogP contribution in [0.3, 0.4) is 0 Å². The lowest BCUT2D eigenvalue weighted by atomic mass is 9.89. The van der Waals surface area contributed by atoms with E-state index in [0.29, 0.717) is 29.5 Å². The Kier molecular flexibility index (Phi) is 10.9. The van der Waals surface area contributed by atoms with Crippen molar-refractivity contribution in [2.24, 2.45) is 0 Å². The minimum atomic E-state index is -3.79. The Balaban J connectivity index is 2.24. The number of hydrogen-bond acceptors (Lipinski definition) is 7. The zero-order valence-corrected chi connectivity index (χ0v) is 26.1.